The number of nitrogens with one attached hydrogen (secondary N) is 1. The molecule has 0 radical (unpaired) electrons. The van der Waals surface area contributed by atoms with E-state index in [1.54, 1.807) is 0 Å². The summed E-state index contributed by atoms with van der Waals surface area (Å²) in [6.45, 7) is 9.44. The fourth-order valence-corrected chi connectivity index (χ4v) is 3.68. The number of aromatic amines is 1. The lowest BCUT2D eigenvalue weighted by atomic mass is 10.1. The van der Waals surface area contributed by atoms with Gasteiger partial charge in [-0.3, -0.25) is 14.3 Å². The second-order valence-electron chi connectivity index (χ2n) is 7.72. The van der Waals surface area contributed by atoms with Crippen LogP contribution in [0.25, 0.3) is 0 Å². The number of hydrogen-bond donors (Lipinski definition) is 3. The first-order valence-electron chi connectivity index (χ1n) is 8.02. The molecule has 8 nitrogen and oxygen atoms in total. The van der Waals surface area contributed by atoms with Crippen LogP contribution < -0.4 is 11.2 Å². The first kappa shape index (κ1) is 20.0. The molecule has 1 aliphatic rings. The van der Waals surface area contributed by atoms with Gasteiger partial charge in [-0.2, -0.15) is 4.39 Å². The number of ether oxygens (including phenoxy) is 1. The molecule has 1 aromatic heterocycles. The molecule has 0 amide bonds. The average molecular weight is 376 g/mol. The average Bonchev–Trinajstić information content (AvgIpc) is 2.78. The normalized spacial score (nSPS) is 27.7. The SMILES string of the molecule is CC(C)(C)[Si](C)(C)OC1C(O)[C@H](CO)O[C@@H]1n1cc(F)c(=O)[nH]c1=O. The van der Waals surface area contributed by atoms with E-state index in [0.717, 1.165) is 10.8 Å². The van der Waals surface area contributed by atoms with Crippen molar-refractivity contribution in [2.75, 3.05) is 6.61 Å². The third-order valence-electron chi connectivity index (χ3n) is 4.93. The zero-order chi connectivity index (χ0) is 19.2. The highest BCUT2D eigenvalue weighted by molar-refractivity contribution is 6.74. The molecule has 10 heteroatoms. The molecule has 0 bridgehead atoms. The quantitative estimate of drug-likeness (QED) is 0.652. The molecular weight excluding hydrogens is 351 g/mol. The Morgan fingerprint density at radius 3 is 2.52 bits per heavy atom. The minimum Gasteiger partial charge on any atom is -0.407 e. The van der Waals surface area contributed by atoms with Crippen molar-refractivity contribution >= 4 is 8.32 Å². The van der Waals surface area contributed by atoms with Crippen molar-refractivity contribution in [3.05, 3.63) is 32.9 Å². The topological polar surface area (TPSA) is 114 Å². The van der Waals surface area contributed by atoms with Crippen molar-refractivity contribution < 1.29 is 23.8 Å². The summed E-state index contributed by atoms with van der Waals surface area (Å²) in [5.74, 6) is -1.16. The Morgan fingerprint density at radius 1 is 1.40 bits per heavy atom. The predicted octanol–water partition coefficient (Wildman–Crippen LogP) is 0.317. The highest BCUT2D eigenvalue weighted by Crippen LogP contribution is 2.41. The molecule has 1 aromatic rings. The van der Waals surface area contributed by atoms with Gasteiger partial charge in [-0.15, -0.1) is 0 Å². The largest absolute Gasteiger partial charge is 0.407 e. The molecule has 2 unspecified atom stereocenters. The molecule has 2 rings (SSSR count). The van der Waals surface area contributed by atoms with Crippen molar-refractivity contribution in [2.24, 2.45) is 0 Å². The van der Waals surface area contributed by atoms with Crippen molar-refractivity contribution in [3.63, 3.8) is 0 Å². The van der Waals surface area contributed by atoms with Crippen LogP contribution >= 0.6 is 0 Å². The summed E-state index contributed by atoms with van der Waals surface area (Å²) in [7, 11) is -2.37. The Balaban J connectivity index is 2.46. The minimum absolute atomic E-state index is 0.185. The van der Waals surface area contributed by atoms with E-state index in [4.69, 9.17) is 9.16 Å². The molecular formula is C15H25FN2O6Si. The van der Waals surface area contributed by atoms with Crippen LogP contribution in [0.4, 0.5) is 4.39 Å². The number of nitrogens with zero attached hydrogens (tertiary/aromatic N) is 1. The Bertz CT molecular complexity index is 741. The number of hydrogen-bond acceptors (Lipinski definition) is 6. The van der Waals surface area contributed by atoms with E-state index in [9.17, 15) is 24.2 Å². The minimum atomic E-state index is -2.37. The van der Waals surface area contributed by atoms with E-state index in [1.165, 1.54) is 0 Å². The molecule has 0 saturated carbocycles. The molecule has 1 aliphatic heterocycles. The van der Waals surface area contributed by atoms with Gasteiger partial charge in [0.15, 0.2) is 14.5 Å². The number of rotatable bonds is 4. The van der Waals surface area contributed by atoms with Gasteiger partial charge in [0.2, 0.25) is 5.82 Å². The molecule has 1 saturated heterocycles. The molecule has 1 fully saturated rings. The highest BCUT2D eigenvalue weighted by Gasteiger charge is 2.50. The van der Waals surface area contributed by atoms with E-state index in [0.29, 0.717) is 0 Å². The van der Waals surface area contributed by atoms with E-state index in [2.05, 4.69) is 0 Å². The van der Waals surface area contributed by atoms with Crippen molar-refractivity contribution in [1.29, 1.82) is 0 Å². The van der Waals surface area contributed by atoms with Gasteiger partial charge in [0.25, 0.3) is 5.56 Å². The monoisotopic (exact) mass is 376 g/mol. The molecule has 0 aromatic carbocycles. The number of aliphatic hydroxyl groups is 2. The predicted molar refractivity (Wildman–Crippen MR) is 90.4 cm³/mol. The number of halogens is 1. The summed E-state index contributed by atoms with van der Waals surface area (Å²) in [4.78, 5) is 25.2. The Kier molecular flexibility index (Phi) is 5.41. The zero-order valence-corrected chi connectivity index (χ0v) is 15.9. The Labute approximate surface area is 145 Å². The van der Waals surface area contributed by atoms with Gasteiger partial charge in [0.1, 0.15) is 18.3 Å². The van der Waals surface area contributed by atoms with E-state index in [1.807, 2.05) is 38.8 Å². The summed E-state index contributed by atoms with van der Waals surface area (Å²) >= 11 is 0. The molecule has 2 heterocycles. The van der Waals surface area contributed by atoms with E-state index < -0.39 is 56.5 Å². The van der Waals surface area contributed by atoms with Crippen LogP contribution in [-0.4, -0.2) is 53.0 Å². The van der Waals surface area contributed by atoms with Crippen LogP contribution in [0.2, 0.25) is 18.1 Å². The van der Waals surface area contributed by atoms with Gasteiger partial charge in [0.05, 0.1) is 12.8 Å². The third-order valence-corrected chi connectivity index (χ3v) is 9.40. The summed E-state index contributed by atoms with van der Waals surface area (Å²) in [6, 6.07) is 0. The molecule has 0 aliphatic carbocycles. The fraction of sp³-hybridized carbons (Fsp3) is 0.733. The van der Waals surface area contributed by atoms with E-state index in [-0.39, 0.29) is 5.04 Å². The van der Waals surface area contributed by atoms with Gasteiger partial charge in [0, 0.05) is 0 Å². The zero-order valence-electron chi connectivity index (χ0n) is 14.9. The maximum atomic E-state index is 13.6. The number of aromatic nitrogens is 2. The van der Waals surface area contributed by atoms with E-state index >= 15 is 0 Å². The molecule has 3 N–H and O–H groups in total. The van der Waals surface area contributed by atoms with Crippen LogP contribution in [0, 0.1) is 5.82 Å². The number of aliphatic hydroxyl groups excluding tert-OH is 2. The Morgan fingerprint density at radius 2 is 2.00 bits per heavy atom. The van der Waals surface area contributed by atoms with Crippen molar-refractivity contribution in [1.82, 2.24) is 9.55 Å². The first-order valence-corrected chi connectivity index (χ1v) is 10.9. The maximum Gasteiger partial charge on any atom is 0.330 e. The smallest absolute Gasteiger partial charge is 0.330 e. The summed E-state index contributed by atoms with van der Waals surface area (Å²) in [6.07, 6.45) is -3.62. The molecule has 142 valence electrons. The van der Waals surface area contributed by atoms with Gasteiger partial charge in [-0.25, -0.2) is 4.79 Å². The lowest BCUT2D eigenvalue weighted by Gasteiger charge is -2.40. The van der Waals surface area contributed by atoms with Crippen LogP contribution in [0.15, 0.2) is 15.8 Å². The van der Waals surface area contributed by atoms with Crippen LogP contribution in [-0.2, 0) is 9.16 Å². The van der Waals surface area contributed by atoms with Gasteiger partial charge < -0.3 is 19.4 Å². The lowest BCUT2D eigenvalue weighted by molar-refractivity contribution is -0.0538. The standard InChI is InChI=1S/C15H25FN2O6Si/c1-15(2,3)25(4,5)24-11-10(20)9(7-19)23-13(11)18-6-8(16)12(21)17-14(18)22/h6,9-11,13,19-20H,7H2,1-5H3,(H,17,21,22)/t9-,10?,11?,13-/m0/s1. The lowest BCUT2D eigenvalue weighted by Crippen LogP contribution is -2.49. The summed E-state index contributed by atoms with van der Waals surface area (Å²) in [5, 5.41) is 19.7. The van der Waals surface area contributed by atoms with Crippen LogP contribution in [0.5, 0.6) is 0 Å². The van der Waals surface area contributed by atoms with Crippen molar-refractivity contribution in [3.8, 4) is 0 Å². The number of H-pyrrole nitrogens is 1. The molecule has 25 heavy (non-hydrogen) atoms. The van der Waals surface area contributed by atoms with Crippen LogP contribution in [0.3, 0.4) is 0 Å². The first-order chi connectivity index (χ1) is 11.4. The third kappa shape index (κ3) is 3.77. The van der Waals surface area contributed by atoms with Crippen molar-refractivity contribution in [2.45, 2.75) is 63.4 Å². The molecule has 4 atom stereocenters. The summed E-state index contributed by atoms with van der Waals surface area (Å²) in [5.41, 5.74) is -2.02. The van der Waals surface area contributed by atoms with Crippen LogP contribution in [0.1, 0.15) is 27.0 Å². The second-order valence-corrected chi connectivity index (χ2v) is 12.5. The highest BCUT2D eigenvalue weighted by atomic mass is 28.4. The van der Waals surface area contributed by atoms with Gasteiger partial charge >= 0.3 is 5.69 Å². The second kappa shape index (κ2) is 6.76. The maximum absolute atomic E-state index is 13.6. The van der Waals surface area contributed by atoms with Gasteiger partial charge in [-0.05, 0) is 18.1 Å². The molecule has 0 spiro atoms. The fourth-order valence-electron chi connectivity index (χ4n) is 2.39. The Hall–Kier alpha value is -1.33. The summed E-state index contributed by atoms with van der Waals surface area (Å²) < 4.78 is 26.2. The van der Waals surface area contributed by atoms with Gasteiger partial charge in [-0.1, -0.05) is 20.8 Å².